The minimum Gasteiger partial charge on any atom is -0.480 e. The fraction of sp³-hybridized carbons (Fsp3) is 0.240. The molecule has 2 N–H and O–H groups in total. The molecule has 0 aliphatic heterocycles. The Kier molecular flexibility index (Phi) is 6.72. The van der Waals surface area contributed by atoms with Gasteiger partial charge in [0.15, 0.2) is 0 Å². The van der Waals surface area contributed by atoms with Crippen LogP contribution < -0.4 is 10.9 Å². The number of hydrogen-bond donors (Lipinski definition) is 2. The molecule has 1 amide bonds. The maximum Gasteiger partial charge on any atom is 0.340 e. The maximum absolute atomic E-state index is 12.8. The first-order valence-corrected chi connectivity index (χ1v) is 12.2. The molecule has 4 rings (SSSR count). The zero-order valence-corrected chi connectivity index (χ0v) is 20.3. The summed E-state index contributed by atoms with van der Waals surface area (Å²) in [6.07, 6.45) is 3.12. The monoisotopic (exact) mass is 499 g/mol. The number of rotatable bonds is 7. The molecule has 0 spiro atoms. The molecule has 34 heavy (non-hydrogen) atoms. The van der Waals surface area contributed by atoms with Gasteiger partial charge in [0.1, 0.15) is 17.2 Å². The van der Waals surface area contributed by atoms with E-state index >= 15 is 0 Å². The lowest BCUT2D eigenvalue weighted by Gasteiger charge is -2.14. The van der Waals surface area contributed by atoms with Crippen molar-refractivity contribution in [3.05, 3.63) is 68.7 Å². The van der Waals surface area contributed by atoms with Crippen LogP contribution in [0.3, 0.4) is 0 Å². The van der Waals surface area contributed by atoms with Gasteiger partial charge in [0, 0.05) is 32.7 Å². The van der Waals surface area contributed by atoms with Gasteiger partial charge in [-0.2, -0.15) is 11.8 Å². The van der Waals surface area contributed by atoms with Crippen molar-refractivity contribution in [1.82, 2.24) is 5.32 Å². The maximum atomic E-state index is 12.8. The summed E-state index contributed by atoms with van der Waals surface area (Å²) in [6.45, 7) is 3.57. The quantitative estimate of drug-likeness (QED) is 0.346. The van der Waals surface area contributed by atoms with Gasteiger partial charge in [-0.1, -0.05) is 23.7 Å². The Hall–Kier alpha value is -3.23. The molecule has 0 bridgehead atoms. The van der Waals surface area contributed by atoms with Crippen LogP contribution >= 0.6 is 23.4 Å². The number of benzene rings is 2. The van der Waals surface area contributed by atoms with E-state index in [1.165, 1.54) is 11.8 Å². The molecule has 7 nitrogen and oxygen atoms in total. The van der Waals surface area contributed by atoms with Crippen LogP contribution in [0.2, 0.25) is 5.02 Å². The molecule has 176 valence electrons. The molecule has 2 aromatic carbocycles. The average Bonchev–Trinajstić information content (AvgIpc) is 3.22. The summed E-state index contributed by atoms with van der Waals surface area (Å²) in [6, 6.07) is 8.24. The fourth-order valence-corrected chi connectivity index (χ4v) is 4.69. The Morgan fingerprint density at radius 2 is 1.82 bits per heavy atom. The topological polar surface area (TPSA) is 110 Å². The highest BCUT2D eigenvalue weighted by atomic mass is 35.5. The number of aryl methyl sites for hydroxylation is 2. The van der Waals surface area contributed by atoms with Crippen LogP contribution in [0, 0.1) is 13.8 Å². The second kappa shape index (κ2) is 9.56. The van der Waals surface area contributed by atoms with E-state index in [4.69, 9.17) is 20.4 Å². The van der Waals surface area contributed by atoms with Gasteiger partial charge in [0.2, 0.25) is 5.91 Å². The van der Waals surface area contributed by atoms with Crippen molar-refractivity contribution in [2.45, 2.75) is 26.3 Å². The number of halogens is 1. The normalized spacial score (nSPS) is 12.2. The van der Waals surface area contributed by atoms with E-state index in [0.29, 0.717) is 32.7 Å². The largest absolute Gasteiger partial charge is 0.480 e. The van der Waals surface area contributed by atoms with Gasteiger partial charge in [0.25, 0.3) is 0 Å². The first kappa shape index (κ1) is 23.9. The number of carboxylic acid groups (broad SMARTS) is 1. The highest BCUT2D eigenvalue weighted by molar-refractivity contribution is 7.98. The predicted octanol–water partition coefficient (Wildman–Crippen LogP) is 4.95. The molecule has 0 aliphatic rings. The van der Waals surface area contributed by atoms with Crippen molar-refractivity contribution in [2.24, 2.45) is 0 Å². The third-order valence-corrected chi connectivity index (χ3v) is 6.72. The third-order valence-electron chi connectivity index (χ3n) is 5.80. The fourth-order valence-electron chi connectivity index (χ4n) is 4.00. The number of carboxylic acids is 1. The Bertz CT molecular complexity index is 1470. The van der Waals surface area contributed by atoms with Gasteiger partial charge in [-0.3, -0.25) is 4.79 Å². The van der Waals surface area contributed by atoms with Crippen molar-refractivity contribution < 1.29 is 23.5 Å². The summed E-state index contributed by atoms with van der Waals surface area (Å²) in [5.41, 5.74) is 3.61. The lowest BCUT2D eigenvalue weighted by atomic mass is 9.97. The van der Waals surface area contributed by atoms with E-state index in [0.717, 1.165) is 16.5 Å². The average molecular weight is 500 g/mol. The Balaban J connectivity index is 1.79. The molecular formula is C25H22ClNO6S. The van der Waals surface area contributed by atoms with Crippen LogP contribution in [0.5, 0.6) is 0 Å². The minimum atomic E-state index is -1.13. The summed E-state index contributed by atoms with van der Waals surface area (Å²) in [5, 5.41) is 13.9. The molecule has 4 aromatic rings. The van der Waals surface area contributed by atoms with Crippen LogP contribution in [0.25, 0.3) is 33.1 Å². The number of nitrogens with one attached hydrogen (secondary N) is 1. The van der Waals surface area contributed by atoms with Gasteiger partial charge in [0.05, 0.1) is 18.2 Å². The van der Waals surface area contributed by atoms with E-state index in [1.54, 1.807) is 31.6 Å². The summed E-state index contributed by atoms with van der Waals surface area (Å²) in [5.74, 6) is -1.46. The number of furan rings is 1. The molecular weight excluding hydrogens is 478 g/mol. The first-order chi connectivity index (χ1) is 16.2. The molecule has 9 heteroatoms. The van der Waals surface area contributed by atoms with E-state index < -0.39 is 23.5 Å². The number of fused-ring (bicyclic) bond motifs is 2. The summed E-state index contributed by atoms with van der Waals surface area (Å²) >= 11 is 7.33. The lowest BCUT2D eigenvalue weighted by Crippen LogP contribution is -2.43. The Labute approximate surface area is 204 Å². The van der Waals surface area contributed by atoms with E-state index in [9.17, 15) is 19.5 Å². The van der Waals surface area contributed by atoms with Crippen molar-refractivity contribution in [1.29, 1.82) is 0 Å². The summed E-state index contributed by atoms with van der Waals surface area (Å²) in [7, 11) is 0. The molecule has 0 saturated heterocycles. The summed E-state index contributed by atoms with van der Waals surface area (Å²) < 4.78 is 11.4. The predicted molar refractivity (Wildman–Crippen MR) is 134 cm³/mol. The molecule has 0 aliphatic carbocycles. The summed E-state index contributed by atoms with van der Waals surface area (Å²) in [4.78, 5) is 36.7. The van der Waals surface area contributed by atoms with Crippen LogP contribution in [0.4, 0.5) is 0 Å². The van der Waals surface area contributed by atoms with Gasteiger partial charge in [-0.25, -0.2) is 9.59 Å². The van der Waals surface area contributed by atoms with Crippen LogP contribution in [-0.2, 0) is 16.0 Å². The molecule has 1 atom stereocenters. The van der Waals surface area contributed by atoms with Gasteiger partial charge in [-0.05, 0) is 49.4 Å². The standard InChI is InChI=1S/C25H22ClNO6S/c1-12-16-8-18-19(14-4-6-15(26)7-5-14)10-32-22(18)13(2)23(16)33-25(31)17(12)9-21(28)27-20(11-34-3)24(29)30/h4-8,10,20H,9,11H2,1-3H3,(H,27,28)(H,29,30). The molecule has 0 radical (unpaired) electrons. The van der Waals surface area contributed by atoms with Gasteiger partial charge < -0.3 is 19.3 Å². The second-order valence-corrected chi connectivity index (χ2v) is 9.34. The lowest BCUT2D eigenvalue weighted by molar-refractivity contribution is -0.141. The number of hydrogen-bond acceptors (Lipinski definition) is 6. The van der Waals surface area contributed by atoms with Crippen molar-refractivity contribution >= 4 is 57.2 Å². The number of carbonyl (C=O) groups is 2. The van der Waals surface area contributed by atoms with E-state index in [1.807, 2.05) is 25.1 Å². The van der Waals surface area contributed by atoms with E-state index in [-0.39, 0.29) is 17.7 Å². The van der Waals surface area contributed by atoms with Crippen molar-refractivity contribution in [3.8, 4) is 11.1 Å². The third kappa shape index (κ3) is 4.43. The molecule has 1 unspecified atom stereocenters. The van der Waals surface area contributed by atoms with Gasteiger partial charge in [-0.15, -0.1) is 0 Å². The Morgan fingerprint density at radius 1 is 1.12 bits per heavy atom. The molecule has 2 heterocycles. The van der Waals surface area contributed by atoms with E-state index in [2.05, 4.69) is 5.32 Å². The zero-order valence-electron chi connectivity index (χ0n) is 18.7. The van der Waals surface area contributed by atoms with Crippen molar-refractivity contribution in [3.63, 3.8) is 0 Å². The Morgan fingerprint density at radius 3 is 2.47 bits per heavy atom. The number of amides is 1. The zero-order chi connectivity index (χ0) is 24.6. The molecule has 2 aromatic heterocycles. The minimum absolute atomic E-state index is 0.188. The number of carbonyl (C=O) groups excluding carboxylic acids is 1. The van der Waals surface area contributed by atoms with Crippen LogP contribution in [0.1, 0.15) is 16.7 Å². The molecule has 0 saturated carbocycles. The van der Waals surface area contributed by atoms with Crippen molar-refractivity contribution in [2.75, 3.05) is 12.0 Å². The SMILES string of the molecule is CSCC(NC(=O)Cc1c(C)c2cc3c(-c4ccc(Cl)cc4)coc3c(C)c2oc1=O)C(=O)O. The van der Waals surface area contributed by atoms with Gasteiger partial charge >= 0.3 is 11.6 Å². The highest BCUT2D eigenvalue weighted by Gasteiger charge is 2.23. The first-order valence-electron chi connectivity index (χ1n) is 10.5. The molecule has 0 fully saturated rings. The second-order valence-electron chi connectivity index (χ2n) is 7.99. The number of aliphatic carboxylic acids is 1. The smallest absolute Gasteiger partial charge is 0.340 e. The van der Waals surface area contributed by atoms with Crippen LogP contribution in [0.15, 0.2) is 50.2 Å². The highest BCUT2D eigenvalue weighted by Crippen LogP contribution is 2.37. The van der Waals surface area contributed by atoms with Crippen LogP contribution in [-0.4, -0.2) is 35.0 Å². The number of thioether (sulfide) groups is 1.